The summed E-state index contributed by atoms with van der Waals surface area (Å²) in [5.74, 6) is 0.965. The van der Waals surface area contributed by atoms with E-state index >= 15 is 0 Å². The molecule has 0 aromatic heterocycles. The summed E-state index contributed by atoms with van der Waals surface area (Å²) < 4.78 is 0. The number of hydrogen-bond donors (Lipinski definition) is 2. The maximum absolute atomic E-state index is 11.2. The highest BCUT2D eigenvalue weighted by Crippen LogP contribution is 2.36. The predicted octanol–water partition coefficient (Wildman–Crippen LogP) is 9.53. The summed E-state index contributed by atoms with van der Waals surface area (Å²) in [5, 5.41) is 22.3. The van der Waals surface area contributed by atoms with E-state index in [4.69, 9.17) is 9.98 Å². The molecule has 2 N–H and O–H groups in total. The van der Waals surface area contributed by atoms with Crippen LogP contribution in [0.4, 0.5) is 0 Å². The molecular weight excluding hydrogens is 516 g/mol. The van der Waals surface area contributed by atoms with Crippen LogP contribution in [0.25, 0.3) is 22.3 Å². The highest BCUT2D eigenvalue weighted by molar-refractivity contribution is 5.88. The summed E-state index contributed by atoms with van der Waals surface area (Å²) in [6.45, 7) is 8.40. The van der Waals surface area contributed by atoms with Gasteiger partial charge in [0.05, 0.1) is 12.1 Å². The number of hydrogen-bond acceptors (Lipinski definition) is 4. The third-order valence-electron chi connectivity index (χ3n) is 8.30. The molecule has 0 bridgehead atoms. The van der Waals surface area contributed by atoms with Gasteiger partial charge in [-0.15, -0.1) is 0 Å². The highest BCUT2D eigenvalue weighted by atomic mass is 16.3. The first kappa shape index (κ1) is 29.3. The average molecular weight is 559 g/mol. The molecule has 2 unspecified atom stereocenters. The molecule has 5 rings (SSSR count). The Hall–Kier alpha value is -4.18. The average Bonchev–Trinajstić information content (AvgIpc) is 3.01. The third kappa shape index (κ3) is 6.65. The van der Waals surface area contributed by atoms with Gasteiger partial charge in [-0.3, -0.25) is 9.98 Å². The first-order valence-electron chi connectivity index (χ1n) is 15.2. The van der Waals surface area contributed by atoms with Crippen LogP contribution in [0.1, 0.15) is 87.5 Å². The summed E-state index contributed by atoms with van der Waals surface area (Å²) in [7, 11) is 0. The zero-order chi connectivity index (χ0) is 29.6. The van der Waals surface area contributed by atoms with Gasteiger partial charge in [-0.2, -0.15) is 0 Å². The maximum atomic E-state index is 11.2. The van der Waals surface area contributed by atoms with E-state index in [1.54, 1.807) is 0 Å². The van der Waals surface area contributed by atoms with Gasteiger partial charge in [0.25, 0.3) is 0 Å². The van der Waals surface area contributed by atoms with Crippen molar-refractivity contribution in [2.45, 2.75) is 77.3 Å². The van der Waals surface area contributed by atoms with Gasteiger partial charge in [0.1, 0.15) is 11.5 Å². The van der Waals surface area contributed by atoms with Gasteiger partial charge in [-0.05, 0) is 82.3 Å². The molecule has 4 aromatic carbocycles. The van der Waals surface area contributed by atoms with Gasteiger partial charge < -0.3 is 10.2 Å². The number of phenolic OH excluding ortho intramolecular Hbond substituents is 2. The van der Waals surface area contributed by atoms with Crippen LogP contribution in [0.3, 0.4) is 0 Å². The molecule has 0 amide bonds. The molecule has 1 aliphatic carbocycles. The first-order chi connectivity index (χ1) is 20.3. The van der Waals surface area contributed by atoms with Crippen LogP contribution >= 0.6 is 0 Å². The van der Waals surface area contributed by atoms with E-state index in [0.717, 1.165) is 70.2 Å². The van der Waals surface area contributed by atoms with Crippen LogP contribution in [-0.4, -0.2) is 34.7 Å². The van der Waals surface area contributed by atoms with Crippen molar-refractivity contribution in [1.82, 2.24) is 0 Å². The van der Waals surface area contributed by atoms with Gasteiger partial charge >= 0.3 is 0 Å². The van der Waals surface area contributed by atoms with Crippen LogP contribution in [0.2, 0.25) is 0 Å². The lowest BCUT2D eigenvalue weighted by Crippen LogP contribution is -2.27. The van der Waals surface area contributed by atoms with E-state index in [0.29, 0.717) is 11.5 Å². The van der Waals surface area contributed by atoms with Crippen LogP contribution in [0.15, 0.2) is 94.9 Å². The molecule has 42 heavy (non-hydrogen) atoms. The lowest BCUT2D eigenvalue weighted by atomic mass is 9.90. The molecule has 0 aliphatic heterocycles. The van der Waals surface area contributed by atoms with Crippen molar-refractivity contribution < 1.29 is 10.2 Å². The fraction of sp³-hybridized carbons (Fsp3) is 0.316. The van der Waals surface area contributed by atoms with Crippen molar-refractivity contribution in [3.05, 3.63) is 107 Å². The molecule has 4 heteroatoms. The van der Waals surface area contributed by atoms with Crippen molar-refractivity contribution in [2.75, 3.05) is 0 Å². The molecule has 4 nitrogen and oxygen atoms in total. The lowest BCUT2D eigenvalue weighted by Gasteiger charge is -2.25. The van der Waals surface area contributed by atoms with E-state index in [2.05, 4.69) is 64.1 Å². The summed E-state index contributed by atoms with van der Waals surface area (Å²) in [6, 6.07) is 28.8. The minimum absolute atomic E-state index is 0.0151. The number of rotatable bonds is 8. The van der Waals surface area contributed by atoms with Gasteiger partial charge in [0.15, 0.2) is 0 Å². The van der Waals surface area contributed by atoms with Gasteiger partial charge in [-0.25, -0.2) is 0 Å². The van der Waals surface area contributed by atoms with E-state index in [-0.39, 0.29) is 23.9 Å². The normalized spacial score (nSPS) is 17.6. The van der Waals surface area contributed by atoms with Crippen molar-refractivity contribution >= 4 is 12.4 Å². The van der Waals surface area contributed by atoms with Gasteiger partial charge in [0, 0.05) is 23.6 Å². The van der Waals surface area contributed by atoms with E-state index in [1.807, 2.05) is 61.0 Å². The quantitative estimate of drug-likeness (QED) is 0.212. The molecule has 216 valence electrons. The van der Waals surface area contributed by atoms with Crippen LogP contribution in [-0.2, 0) is 0 Å². The van der Waals surface area contributed by atoms with Crippen LogP contribution in [0, 0.1) is 0 Å². The summed E-state index contributed by atoms with van der Waals surface area (Å²) in [4.78, 5) is 10.0. The summed E-state index contributed by atoms with van der Waals surface area (Å²) in [5.41, 5.74) is 7.71. The Morgan fingerprint density at radius 1 is 0.571 bits per heavy atom. The Morgan fingerprint density at radius 3 is 1.31 bits per heavy atom. The summed E-state index contributed by atoms with van der Waals surface area (Å²) in [6.07, 6.45) is 7.79. The number of benzene rings is 4. The Labute approximate surface area is 250 Å². The number of aliphatic imine (C=N–C) groups is 2. The van der Waals surface area contributed by atoms with Crippen LogP contribution in [0.5, 0.6) is 11.5 Å². The number of nitrogens with zero attached hydrogens (tertiary/aromatic N) is 2. The standard InChI is InChI=1S/C38H42N2O2/c1-25(2)33-21-29(27-13-7-5-8-14-27)19-31(37(33)41)23-39-35-17-11-12-18-36(35)40-24-32-20-30(28-15-9-6-10-16-28)22-34(26(3)4)38(32)42/h5-10,13-16,19-26,35-36,41-42H,11-12,17-18H2,1-4H3. The van der Waals surface area contributed by atoms with Gasteiger partial charge in [-0.1, -0.05) is 101 Å². The van der Waals surface area contributed by atoms with Crippen molar-refractivity contribution in [1.29, 1.82) is 0 Å². The molecular formula is C38H42N2O2. The van der Waals surface area contributed by atoms with Crippen molar-refractivity contribution in [3.63, 3.8) is 0 Å². The number of aromatic hydroxyl groups is 2. The second kappa shape index (κ2) is 13.2. The summed E-state index contributed by atoms with van der Waals surface area (Å²) >= 11 is 0. The molecule has 1 fully saturated rings. The lowest BCUT2D eigenvalue weighted by molar-refractivity contribution is 0.390. The second-order valence-electron chi connectivity index (χ2n) is 12.0. The van der Waals surface area contributed by atoms with Crippen molar-refractivity contribution in [2.24, 2.45) is 9.98 Å². The largest absolute Gasteiger partial charge is 0.507 e. The SMILES string of the molecule is CC(C)c1cc(-c2ccccc2)cc(C=NC2CCCCC2N=Cc2cc(-c3ccccc3)cc(C(C)C)c2O)c1O. The molecule has 1 aliphatic rings. The number of phenols is 2. The fourth-order valence-corrected chi connectivity index (χ4v) is 5.82. The topological polar surface area (TPSA) is 65.2 Å². The minimum atomic E-state index is 0.0151. The van der Waals surface area contributed by atoms with E-state index in [9.17, 15) is 10.2 Å². The van der Waals surface area contributed by atoms with Crippen molar-refractivity contribution in [3.8, 4) is 33.8 Å². The Morgan fingerprint density at radius 2 is 0.952 bits per heavy atom. The second-order valence-corrected chi connectivity index (χ2v) is 12.0. The van der Waals surface area contributed by atoms with Gasteiger partial charge in [0.2, 0.25) is 0 Å². The molecule has 4 aromatic rings. The zero-order valence-corrected chi connectivity index (χ0v) is 25.2. The fourth-order valence-electron chi connectivity index (χ4n) is 5.82. The molecule has 0 radical (unpaired) electrons. The third-order valence-corrected chi connectivity index (χ3v) is 8.30. The molecule has 2 atom stereocenters. The van der Waals surface area contributed by atoms with E-state index < -0.39 is 0 Å². The Balaban J connectivity index is 1.45. The molecule has 0 heterocycles. The first-order valence-corrected chi connectivity index (χ1v) is 15.2. The smallest absolute Gasteiger partial charge is 0.127 e. The highest BCUT2D eigenvalue weighted by Gasteiger charge is 2.24. The zero-order valence-electron chi connectivity index (χ0n) is 25.2. The van der Waals surface area contributed by atoms with E-state index in [1.165, 1.54) is 0 Å². The molecule has 1 saturated carbocycles. The Bertz CT molecular complexity index is 1440. The minimum Gasteiger partial charge on any atom is -0.507 e. The Kier molecular flexibility index (Phi) is 9.22. The molecule has 0 saturated heterocycles. The maximum Gasteiger partial charge on any atom is 0.127 e. The monoisotopic (exact) mass is 558 g/mol. The molecule has 0 spiro atoms. The predicted molar refractivity (Wildman–Crippen MR) is 176 cm³/mol. The van der Waals surface area contributed by atoms with Crippen LogP contribution < -0.4 is 0 Å².